The predicted molar refractivity (Wildman–Crippen MR) is 74.8 cm³/mol. The number of carboxylic acids is 1. The van der Waals surface area contributed by atoms with Crippen molar-refractivity contribution in [2.45, 2.75) is 70.2 Å². The summed E-state index contributed by atoms with van der Waals surface area (Å²) in [6.07, 6.45) is -6.16. The summed E-state index contributed by atoms with van der Waals surface area (Å²) in [7, 11) is 0. The molecule has 0 saturated carbocycles. The van der Waals surface area contributed by atoms with Gasteiger partial charge in [-0.3, -0.25) is 4.89 Å². The maximum Gasteiger partial charge on any atom is 0.345 e. The van der Waals surface area contributed by atoms with Gasteiger partial charge in [-0.2, -0.15) is 0 Å². The molecule has 0 radical (unpaired) electrons. The Bertz CT molecular complexity index is 394. The molecule has 5 atom stereocenters. The molecule has 1 heterocycles. The standard InChI is InChI=1S/C14H24O9/c1-3-5-7(6-4-2)13(20)22-23-14-10(17)8(15)9(16)11(21-14)12(18)19/h7-11,14-17H,3-6H2,1-2H3,(H,18,19)/t8-,9-,10+,11-,14-/m0/s1. The van der Waals surface area contributed by atoms with Crippen LogP contribution in [0.4, 0.5) is 0 Å². The maximum atomic E-state index is 11.9. The van der Waals surface area contributed by atoms with Crippen LogP contribution in [-0.4, -0.2) is 63.1 Å². The molecule has 23 heavy (non-hydrogen) atoms. The van der Waals surface area contributed by atoms with Crippen LogP contribution >= 0.6 is 0 Å². The summed E-state index contributed by atoms with van der Waals surface area (Å²) in [6, 6.07) is 0. The lowest BCUT2D eigenvalue weighted by atomic mass is 9.99. The van der Waals surface area contributed by atoms with E-state index >= 15 is 0 Å². The van der Waals surface area contributed by atoms with Gasteiger partial charge in [-0.15, -0.1) is 4.89 Å². The van der Waals surface area contributed by atoms with Crippen molar-refractivity contribution < 1.29 is 44.5 Å². The molecular weight excluding hydrogens is 312 g/mol. The fourth-order valence-electron chi connectivity index (χ4n) is 2.37. The topological polar surface area (TPSA) is 143 Å². The summed E-state index contributed by atoms with van der Waals surface area (Å²) in [5.74, 6) is -2.58. The molecule has 0 bridgehead atoms. The van der Waals surface area contributed by atoms with E-state index in [0.29, 0.717) is 12.8 Å². The second kappa shape index (κ2) is 9.14. The predicted octanol–water partition coefficient (Wildman–Crippen LogP) is -0.430. The van der Waals surface area contributed by atoms with Gasteiger partial charge in [0, 0.05) is 0 Å². The highest BCUT2D eigenvalue weighted by Crippen LogP contribution is 2.23. The zero-order chi connectivity index (χ0) is 17.6. The van der Waals surface area contributed by atoms with E-state index < -0.39 is 42.6 Å². The van der Waals surface area contributed by atoms with E-state index in [1.165, 1.54) is 0 Å². The molecule has 4 N–H and O–H groups in total. The van der Waals surface area contributed by atoms with Crippen molar-refractivity contribution in [1.29, 1.82) is 0 Å². The zero-order valence-electron chi connectivity index (χ0n) is 13.1. The molecule has 134 valence electrons. The summed E-state index contributed by atoms with van der Waals surface area (Å²) >= 11 is 0. The Hall–Kier alpha value is -1.26. The van der Waals surface area contributed by atoms with Crippen molar-refractivity contribution in [1.82, 2.24) is 0 Å². The first-order valence-electron chi connectivity index (χ1n) is 7.63. The lowest BCUT2D eigenvalue weighted by Gasteiger charge is -2.37. The molecule has 1 rings (SSSR count). The molecule has 0 amide bonds. The van der Waals surface area contributed by atoms with Crippen LogP contribution in [-0.2, 0) is 24.1 Å². The van der Waals surface area contributed by atoms with E-state index in [9.17, 15) is 24.9 Å². The highest BCUT2D eigenvalue weighted by atomic mass is 17.2. The number of carbonyl (C=O) groups excluding carboxylic acids is 1. The van der Waals surface area contributed by atoms with Gasteiger partial charge in [0.1, 0.15) is 18.3 Å². The summed E-state index contributed by atoms with van der Waals surface area (Å²) in [5, 5.41) is 37.8. The molecule has 0 aromatic rings. The van der Waals surface area contributed by atoms with Crippen LogP contribution in [0, 0.1) is 5.92 Å². The van der Waals surface area contributed by atoms with Gasteiger partial charge in [0.25, 0.3) is 0 Å². The smallest absolute Gasteiger partial charge is 0.345 e. The van der Waals surface area contributed by atoms with E-state index in [0.717, 1.165) is 12.8 Å². The van der Waals surface area contributed by atoms with E-state index in [-0.39, 0.29) is 5.92 Å². The zero-order valence-corrected chi connectivity index (χ0v) is 13.1. The molecule has 0 aromatic carbocycles. The third-order valence-electron chi connectivity index (χ3n) is 3.65. The number of ether oxygens (including phenoxy) is 1. The van der Waals surface area contributed by atoms with Crippen LogP contribution in [0.2, 0.25) is 0 Å². The van der Waals surface area contributed by atoms with E-state index in [4.69, 9.17) is 9.84 Å². The first kappa shape index (κ1) is 19.8. The SMILES string of the molecule is CCCC(CCC)C(=O)OO[C@@H]1O[C@H](C(=O)O)[C@@H](O)[C@H](O)[C@H]1O. The third kappa shape index (κ3) is 5.11. The molecule has 1 saturated heterocycles. The van der Waals surface area contributed by atoms with Crippen LogP contribution < -0.4 is 0 Å². The number of aliphatic hydroxyl groups is 3. The number of hydrogen-bond donors (Lipinski definition) is 4. The summed E-state index contributed by atoms with van der Waals surface area (Å²) < 4.78 is 4.83. The number of hydrogen-bond acceptors (Lipinski definition) is 8. The highest BCUT2D eigenvalue weighted by molar-refractivity contribution is 5.73. The van der Waals surface area contributed by atoms with Crippen molar-refractivity contribution in [3.8, 4) is 0 Å². The third-order valence-corrected chi connectivity index (χ3v) is 3.65. The molecule has 0 aromatic heterocycles. The Kier molecular flexibility index (Phi) is 7.86. The Morgan fingerprint density at radius 3 is 2.09 bits per heavy atom. The van der Waals surface area contributed by atoms with E-state index in [1.54, 1.807) is 0 Å². The average Bonchev–Trinajstić information content (AvgIpc) is 2.51. The van der Waals surface area contributed by atoms with Crippen LogP contribution in [0.15, 0.2) is 0 Å². The largest absolute Gasteiger partial charge is 0.479 e. The minimum Gasteiger partial charge on any atom is -0.479 e. The van der Waals surface area contributed by atoms with E-state index in [2.05, 4.69) is 9.78 Å². The summed E-state index contributed by atoms with van der Waals surface area (Å²) in [4.78, 5) is 32.2. The number of rotatable bonds is 8. The molecule has 1 fully saturated rings. The average molecular weight is 336 g/mol. The summed E-state index contributed by atoms with van der Waals surface area (Å²) in [5.41, 5.74) is 0. The highest BCUT2D eigenvalue weighted by Gasteiger charge is 2.48. The van der Waals surface area contributed by atoms with Gasteiger partial charge in [0.05, 0.1) is 5.92 Å². The molecule has 1 aliphatic rings. The molecule has 1 aliphatic heterocycles. The minimum absolute atomic E-state index is 0.378. The quantitative estimate of drug-likeness (QED) is 0.343. The fraction of sp³-hybridized carbons (Fsp3) is 0.857. The second-order valence-corrected chi connectivity index (χ2v) is 5.51. The number of aliphatic carboxylic acids is 1. The first-order valence-corrected chi connectivity index (χ1v) is 7.63. The van der Waals surface area contributed by atoms with Gasteiger partial charge in [0.2, 0.25) is 6.29 Å². The molecule has 0 aliphatic carbocycles. The molecular formula is C14H24O9. The van der Waals surface area contributed by atoms with Crippen molar-refractivity contribution in [3.63, 3.8) is 0 Å². The minimum atomic E-state index is -1.83. The van der Waals surface area contributed by atoms with Crippen LogP contribution in [0.5, 0.6) is 0 Å². The molecule has 9 nitrogen and oxygen atoms in total. The van der Waals surface area contributed by atoms with Gasteiger partial charge >= 0.3 is 11.9 Å². The van der Waals surface area contributed by atoms with Crippen molar-refractivity contribution in [2.75, 3.05) is 0 Å². The number of carboxylic acid groups (broad SMARTS) is 1. The number of carbonyl (C=O) groups is 2. The summed E-state index contributed by atoms with van der Waals surface area (Å²) in [6.45, 7) is 3.83. The van der Waals surface area contributed by atoms with Gasteiger partial charge in [-0.1, -0.05) is 26.7 Å². The molecule has 0 spiro atoms. The van der Waals surface area contributed by atoms with Crippen molar-refractivity contribution in [3.05, 3.63) is 0 Å². The Balaban J connectivity index is 2.64. The van der Waals surface area contributed by atoms with Gasteiger partial charge < -0.3 is 25.2 Å². The van der Waals surface area contributed by atoms with Gasteiger partial charge in [-0.25, -0.2) is 9.59 Å². The second-order valence-electron chi connectivity index (χ2n) is 5.51. The first-order chi connectivity index (χ1) is 10.8. The van der Waals surface area contributed by atoms with Crippen LogP contribution in [0.25, 0.3) is 0 Å². The Morgan fingerprint density at radius 1 is 1.04 bits per heavy atom. The maximum absolute atomic E-state index is 11.9. The monoisotopic (exact) mass is 336 g/mol. The van der Waals surface area contributed by atoms with Crippen LogP contribution in [0.1, 0.15) is 39.5 Å². The van der Waals surface area contributed by atoms with Crippen LogP contribution in [0.3, 0.4) is 0 Å². The molecule has 0 unspecified atom stereocenters. The van der Waals surface area contributed by atoms with Gasteiger partial charge in [0.15, 0.2) is 6.10 Å². The lowest BCUT2D eigenvalue weighted by Crippen LogP contribution is -2.60. The van der Waals surface area contributed by atoms with Crippen molar-refractivity contribution in [2.24, 2.45) is 5.92 Å². The Morgan fingerprint density at radius 2 is 1.61 bits per heavy atom. The van der Waals surface area contributed by atoms with Crippen molar-refractivity contribution >= 4 is 11.9 Å². The number of aliphatic hydroxyl groups excluding tert-OH is 3. The van der Waals surface area contributed by atoms with Gasteiger partial charge in [-0.05, 0) is 12.8 Å². The Labute approximate surface area is 133 Å². The fourth-order valence-corrected chi connectivity index (χ4v) is 2.37. The van der Waals surface area contributed by atoms with E-state index in [1.807, 2.05) is 13.8 Å². The lowest BCUT2D eigenvalue weighted by molar-refractivity contribution is -0.402. The molecule has 9 heteroatoms. The normalized spacial score (nSPS) is 31.1.